The van der Waals surface area contributed by atoms with Gasteiger partial charge in [0.2, 0.25) is 5.91 Å². The lowest BCUT2D eigenvalue weighted by atomic mass is 9.98. The summed E-state index contributed by atoms with van der Waals surface area (Å²) in [6.45, 7) is 0.414. The molecule has 0 aromatic heterocycles. The number of carbonyl (C=O) groups is 2. The van der Waals surface area contributed by atoms with Crippen molar-refractivity contribution in [3.05, 3.63) is 70.5 Å². The number of hydrogen-bond acceptors (Lipinski definition) is 2. The minimum atomic E-state index is -0.738. The number of rotatable bonds is 4. The molecule has 0 bridgehead atoms. The summed E-state index contributed by atoms with van der Waals surface area (Å²) >= 11 is 5.96. The molecule has 0 N–H and O–H groups in total. The second kappa shape index (κ2) is 7.92. The van der Waals surface area contributed by atoms with Crippen LogP contribution >= 0.6 is 11.6 Å². The molecule has 6 heteroatoms. The highest BCUT2D eigenvalue weighted by atomic mass is 35.5. The predicted octanol–water partition coefficient (Wildman–Crippen LogP) is 4.33. The molecular weight excluding hydrogens is 379 g/mol. The van der Waals surface area contributed by atoms with Crippen LogP contribution in [-0.2, 0) is 16.1 Å². The Kier molecular flexibility index (Phi) is 5.36. The molecule has 2 aromatic carbocycles. The van der Waals surface area contributed by atoms with Crippen LogP contribution < -0.4 is 0 Å². The highest BCUT2D eigenvalue weighted by molar-refractivity contribution is 6.30. The first-order valence-corrected chi connectivity index (χ1v) is 10.0. The van der Waals surface area contributed by atoms with Gasteiger partial charge in [-0.1, -0.05) is 48.7 Å². The van der Waals surface area contributed by atoms with Gasteiger partial charge >= 0.3 is 0 Å². The summed E-state index contributed by atoms with van der Waals surface area (Å²) < 4.78 is 13.4. The van der Waals surface area contributed by atoms with Crippen molar-refractivity contribution in [1.29, 1.82) is 0 Å². The average Bonchev–Trinajstić information content (AvgIpc) is 3.22. The maximum Gasteiger partial charge on any atom is 0.250 e. The molecule has 1 saturated carbocycles. The van der Waals surface area contributed by atoms with E-state index in [0.29, 0.717) is 17.1 Å². The number of carbonyl (C=O) groups excluding carboxylic acids is 2. The van der Waals surface area contributed by atoms with E-state index < -0.39 is 6.04 Å². The Balaban J connectivity index is 1.68. The molecule has 28 heavy (non-hydrogen) atoms. The molecule has 2 aromatic rings. The number of piperazine rings is 1. The minimum absolute atomic E-state index is 0.0768. The van der Waals surface area contributed by atoms with Crippen molar-refractivity contribution in [2.24, 2.45) is 0 Å². The Bertz CT molecular complexity index is 863. The van der Waals surface area contributed by atoms with Crippen LogP contribution in [0.1, 0.15) is 42.9 Å². The van der Waals surface area contributed by atoms with E-state index in [0.717, 1.165) is 31.2 Å². The Morgan fingerprint density at radius 2 is 1.61 bits per heavy atom. The Hall–Kier alpha value is -2.40. The third-order valence-corrected chi connectivity index (χ3v) is 5.92. The molecule has 1 unspecified atom stereocenters. The zero-order valence-corrected chi connectivity index (χ0v) is 16.2. The molecule has 0 spiro atoms. The van der Waals surface area contributed by atoms with Gasteiger partial charge in [0, 0.05) is 17.6 Å². The summed E-state index contributed by atoms with van der Waals surface area (Å²) in [6.07, 6.45) is 4.04. The summed E-state index contributed by atoms with van der Waals surface area (Å²) in [5, 5.41) is 0.618. The minimum Gasteiger partial charge on any atom is -0.328 e. The van der Waals surface area contributed by atoms with Crippen molar-refractivity contribution in [2.75, 3.05) is 6.54 Å². The van der Waals surface area contributed by atoms with E-state index in [9.17, 15) is 14.0 Å². The molecule has 2 amide bonds. The van der Waals surface area contributed by atoms with Gasteiger partial charge in [-0.3, -0.25) is 9.59 Å². The maximum atomic E-state index is 13.4. The van der Waals surface area contributed by atoms with E-state index in [-0.39, 0.29) is 30.2 Å². The van der Waals surface area contributed by atoms with Gasteiger partial charge in [-0.25, -0.2) is 4.39 Å². The van der Waals surface area contributed by atoms with Gasteiger partial charge in [-0.05, 0) is 48.2 Å². The van der Waals surface area contributed by atoms with Crippen LogP contribution in [0.25, 0.3) is 0 Å². The van der Waals surface area contributed by atoms with Gasteiger partial charge in [-0.15, -0.1) is 0 Å². The summed E-state index contributed by atoms with van der Waals surface area (Å²) in [5.41, 5.74) is 1.53. The van der Waals surface area contributed by atoms with Crippen LogP contribution in [0, 0.1) is 5.82 Å². The SMILES string of the molecule is O=C1C(c2ccc(F)cc2)N(Cc2ccc(Cl)cc2)C(=O)CN1C1CCCC1. The first-order valence-electron chi connectivity index (χ1n) is 9.63. The Morgan fingerprint density at radius 1 is 0.964 bits per heavy atom. The van der Waals surface area contributed by atoms with Crippen LogP contribution in [0.5, 0.6) is 0 Å². The van der Waals surface area contributed by atoms with Gasteiger partial charge in [0.25, 0.3) is 5.91 Å². The molecule has 4 nitrogen and oxygen atoms in total. The fourth-order valence-corrected chi connectivity index (χ4v) is 4.33. The summed E-state index contributed by atoms with van der Waals surface area (Å²) in [6, 6.07) is 12.5. The van der Waals surface area contributed by atoms with E-state index in [1.54, 1.807) is 34.1 Å². The van der Waals surface area contributed by atoms with E-state index in [2.05, 4.69) is 0 Å². The second-order valence-corrected chi connectivity index (χ2v) is 7.94. The number of benzene rings is 2. The van der Waals surface area contributed by atoms with Crippen LogP contribution in [0.2, 0.25) is 5.02 Å². The molecule has 2 fully saturated rings. The summed E-state index contributed by atoms with van der Waals surface area (Å²) in [7, 11) is 0. The fraction of sp³-hybridized carbons (Fsp3) is 0.364. The Morgan fingerprint density at radius 3 is 2.25 bits per heavy atom. The average molecular weight is 401 g/mol. The molecule has 1 saturated heterocycles. The number of hydrogen-bond donors (Lipinski definition) is 0. The van der Waals surface area contributed by atoms with Crippen molar-refractivity contribution in [3.8, 4) is 0 Å². The molecule has 1 atom stereocenters. The standard InChI is InChI=1S/C22H22ClFN2O2/c23-17-9-5-15(6-10-17)13-26-20(27)14-25(19-3-1-2-4-19)22(28)21(26)16-7-11-18(24)12-8-16/h5-12,19,21H,1-4,13-14H2. The molecule has 1 heterocycles. The van der Waals surface area contributed by atoms with Crippen molar-refractivity contribution < 1.29 is 14.0 Å². The van der Waals surface area contributed by atoms with Crippen molar-refractivity contribution in [1.82, 2.24) is 9.80 Å². The fourth-order valence-electron chi connectivity index (χ4n) is 4.21. The number of halogens is 2. The van der Waals surface area contributed by atoms with E-state index in [4.69, 9.17) is 11.6 Å². The van der Waals surface area contributed by atoms with Crippen molar-refractivity contribution in [2.45, 2.75) is 44.3 Å². The normalized spacial score (nSPS) is 20.9. The number of nitrogens with zero attached hydrogens (tertiary/aromatic N) is 2. The van der Waals surface area contributed by atoms with Gasteiger partial charge in [0.1, 0.15) is 18.4 Å². The van der Waals surface area contributed by atoms with Crippen LogP contribution in [0.15, 0.2) is 48.5 Å². The van der Waals surface area contributed by atoms with Crippen LogP contribution in [-0.4, -0.2) is 34.2 Å². The predicted molar refractivity (Wildman–Crippen MR) is 105 cm³/mol. The van der Waals surface area contributed by atoms with E-state index >= 15 is 0 Å². The Labute approximate surface area is 168 Å². The molecule has 1 aliphatic heterocycles. The highest BCUT2D eigenvalue weighted by Crippen LogP contribution is 2.34. The molecule has 146 valence electrons. The quantitative estimate of drug-likeness (QED) is 0.766. The monoisotopic (exact) mass is 400 g/mol. The third-order valence-electron chi connectivity index (χ3n) is 5.67. The van der Waals surface area contributed by atoms with Gasteiger partial charge in [-0.2, -0.15) is 0 Å². The zero-order chi connectivity index (χ0) is 19.7. The second-order valence-electron chi connectivity index (χ2n) is 7.51. The lowest BCUT2D eigenvalue weighted by Crippen LogP contribution is -2.57. The topological polar surface area (TPSA) is 40.6 Å². The van der Waals surface area contributed by atoms with Gasteiger partial charge in [0.15, 0.2) is 0 Å². The van der Waals surface area contributed by atoms with Crippen molar-refractivity contribution >= 4 is 23.4 Å². The van der Waals surface area contributed by atoms with Crippen LogP contribution in [0.3, 0.4) is 0 Å². The molecule has 4 rings (SSSR count). The molecule has 1 aliphatic carbocycles. The first kappa shape index (κ1) is 18.9. The molecule has 0 radical (unpaired) electrons. The lowest BCUT2D eigenvalue weighted by molar-refractivity contribution is -0.159. The lowest BCUT2D eigenvalue weighted by Gasteiger charge is -2.43. The molecule has 2 aliphatic rings. The van der Waals surface area contributed by atoms with Crippen molar-refractivity contribution in [3.63, 3.8) is 0 Å². The largest absolute Gasteiger partial charge is 0.328 e. The highest BCUT2D eigenvalue weighted by Gasteiger charge is 2.43. The smallest absolute Gasteiger partial charge is 0.250 e. The van der Waals surface area contributed by atoms with E-state index in [1.807, 2.05) is 12.1 Å². The maximum absolute atomic E-state index is 13.4. The summed E-state index contributed by atoms with van der Waals surface area (Å²) in [4.78, 5) is 29.8. The van der Waals surface area contributed by atoms with Gasteiger partial charge < -0.3 is 9.80 Å². The molecular formula is C22H22ClFN2O2. The van der Waals surface area contributed by atoms with E-state index in [1.165, 1.54) is 12.1 Å². The zero-order valence-electron chi connectivity index (χ0n) is 15.5. The van der Waals surface area contributed by atoms with Crippen LogP contribution in [0.4, 0.5) is 4.39 Å². The number of amides is 2. The third kappa shape index (κ3) is 3.76. The van der Waals surface area contributed by atoms with Gasteiger partial charge in [0.05, 0.1) is 0 Å². The summed E-state index contributed by atoms with van der Waals surface area (Å²) in [5.74, 6) is -0.530. The first-order chi connectivity index (χ1) is 13.5.